The first-order valence-corrected chi connectivity index (χ1v) is 10.8. The number of pyridine rings is 1. The van der Waals surface area contributed by atoms with Gasteiger partial charge in [0.25, 0.3) is 0 Å². The van der Waals surface area contributed by atoms with Gasteiger partial charge in [0.05, 0.1) is 45.7 Å². The van der Waals surface area contributed by atoms with E-state index in [4.69, 9.17) is 19.2 Å². The van der Waals surface area contributed by atoms with Gasteiger partial charge in [-0.05, 0) is 36.8 Å². The lowest BCUT2D eigenvalue weighted by atomic mass is 10.0. The predicted octanol–water partition coefficient (Wildman–Crippen LogP) is 2.72. The van der Waals surface area contributed by atoms with Gasteiger partial charge in [-0.25, -0.2) is 0 Å². The van der Waals surface area contributed by atoms with Crippen LogP contribution in [0.15, 0.2) is 53.8 Å². The Bertz CT molecular complexity index is 786. The van der Waals surface area contributed by atoms with E-state index in [1.807, 2.05) is 24.3 Å². The summed E-state index contributed by atoms with van der Waals surface area (Å²) in [6.07, 6.45) is 3.44. The van der Waals surface area contributed by atoms with Gasteiger partial charge in [0.15, 0.2) is 5.96 Å². The molecule has 32 heavy (non-hydrogen) atoms. The molecule has 1 atom stereocenters. The van der Waals surface area contributed by atoms with Gasteiger partial charge in [-0.2, -0.15) is 0 Å². The molecule has 0 radical (unpaired) electrons. The molecule has 1 aliphatic heterocycles. The van der Waals surface area contributed by atoms with Crippen molar-refractivity contribution in [2.75, 3.05) is 59.7 Å². The van der Waals surface area contributed by atoms with Crippen LogP contribution in [0, 0.1) is 0 Å². The highest BCUT2D eigenvalue weighted by Gasteiger charge is 2.22. The largest absolute Gasteiger partial charge is 0.497 e. The molecule has 9 heteroatoms. The minimum Gasteiger partial charge on any atom is -0.497 e. The Morgan fingerprint density at radius 3 is 2.59 bits per heavy atom. The number of halogens is 1. The highest BCUT2D eigenvalue weighted by atomic mass is 127. The molecule has 3 rings (SSSR count). The maximum atomic E-state index is 5.70. The summed E-state index contributed by atoms with van der Waals surface area (Å²) in [6, 6.07) is 12.2. The van der Waals surface area contributed by atoms with E-state index in [-0.39, 0.29) is 30.0 Å². The number of nitrogens with zero attached hydrogens (tertiary/aromatic N) is 3. The van der Waals surface area contributed by atoms with Crippen molar-refractivity contribution in [3.63, 3.8) is 0 Å². The number of guanidine groups is 1. The molecule has 176 valence electrons. The fourth-order valence-electron chi connectivity index (χ4n) is 3.44. The SMILES string of the molecule is CCNC(=NCC(c1ccc(OC)cc1)N1CCOCC1)NCCOc1cccnc1.I. The molecule has 8 nitrogen and oxygen atoms in total. The number of nitrogens with one attached hydrogen (secondary N) is 2. The molecular weight excluding hydrogens is 521 g/mol. The fraction of sp³-hybridized carbons (Fsp3) is 0.478. The summed E-state index contributed by atoms with van der Waals surface area (Å²) >= 11 is 0. The maximum absolute atomic E-state index is 5.70. The summed E-state index contributed by atoms with van der Waals surface area (Å²) in [5.74, 6) is 2.40. The van der Waals surface area contributed by atoms with Gasteiger partial charge in [0, 0.05) is 25.8 Å². The number of aromatic nitrogens is 1. The number of hydrogen-bond acceptors (Lipinski definition) is 6. The first-order valence-electron chi connectivity index (χ1n) is 10.8. The Labute approximate surface area is 207 Å². The molecule has 0 aliphatic carbocycles. The molecule has 1 saturated heterocycles. The van der Waals surface area contributed by atoms with Crippen LogP contribution in [0.4, 0.5) is 0 Å². The minimum absolute atomic E-state index is 0. The molecule has 0 bridgehead atoms. The molecule has 1 unspecified atom stereocenters. The van der Waals surface area contributed by atoms with E-state index in [9.17, 15) is 0 Å². The number of hydrogen-bond donors (Lipinski definition) is 2. The standard InChI is InChI=1S/C23H33N5O3.HI/c1-3-25-23(26-11-14-31-21-5-4-10-24-17-21)27-18-22(28-12-15-30-16-13-28)19-6-8-20(29-2)9-7-19;/h4-10,17,22H,3,11-16,18H2,1-2H3,(H2,25,26,27);1H. The molecule has 1 fully saturated rings. The van der Waals surface area contributed by atoms with Crippen LogP contribution >= 0.6 is 24.0 Å². The second-order valence-corrected chi connectivity index (χ2v) is 7.12. The van der Waals surface area contributed by atoms with E-state index in [2.05, 4.69) is 39.6 Å². The Morgan fingerprint density at radius 1 is 1.16 bits per heavy atom. The van der Waals surface area contributed by atoms with E-state index in [1.165, 1.54) is 5.56 Å². The van der Waals surface area contributed by atoms with E-state index >= 15 is 0 Å². The number of methoxy groups -OCH3 is 1. The van der Waals surface area contributed by atoms with Gasteiger partial charge in [0.1, 0.15) is 18.1 Å². The second-order valence-electron chi connectivity index (χ2n) is 7.12. The smallest absolute Gasteiger partial charge is 0.191 e. The van der Waals surface area contributed by atoms with Gasteiger partial charge in [0.2, 0.25) is 0 Å². The van der Waals surface area contributed by atoms with Crippen LogP contribution in [-0.4, -0.2) is 75.5 Å². The van der Waals surface area contributed by atoms with Crippen molar-refractivity contribution in [2.45, 2.75) is 13.0 Å². The van der Waals surface area contributed by atoms with Crippen LogP contribution < -0.4 is 20.1 Å². The van der Waals surface area contributed by atoms with Gasteiger partial charge in [-0.15, -0.1) is 24.0 Å². The predicted molar refractivity (Wildman–Crippen MR) is 137 cm³/mol. The van der Waals surface area contributed by atoms with Crippen molar-refractivity contribution in [1.82, 2.24) is 20.5 Å². The van der Waals surface area contributed by atoms with Gasteiger partial charge in [-0.1, -0.05) is 12.1 Å². The highest BCUT2D eigenvalue weighted by molar-refractivity contribution is 14.0. The highest BCUT2D eigenvalue weighted by Crippen LogP contribution is 2.24. The first-order chi connectivity index (χ1) is 15.3. The zero-order valence-corrected chi connectivity index (χ0v) is 21.2. The summed E-state index contributed by atoms with van der Waals surface area (Å²) < 4.78 is 16.6. The summed E-state index contributed by atoms with van der Waals surface area (Å²) in [6.45, 7) is 7.97. The summed E-state index contributed by atoms with van der Waals surface area (Å²) in [7, 11) is 1.69. The van der Waals surface area contributed by atoms with Crippen molar-refractivity contribution in [1.29, 1.82) is 0 Å². The third-order valence-electron chi connectivity index (χ3n) is 5.05. The normalized spacial score (nSPS) is 15.4. The maximum Gasteiger partial charge on any atom is 0.191 e. The lowest BCUT2D eigenvalue weighted by molar-refractivity contribution is 0.0179. The summed E-state index contributed by atoms with van der Waals surface area (Å²) in [4.78, 5) is 11.4. The van der Waals surface area contributed by atoms with Gasteiger partial charge >= 0.3 is 0 Å². The molecule has 1 aromatic carbocycles. The van der Waals surface area contributed by atoms with Crippen LogP contribution in [0.25, 0.3) is 0 Å². The third kappa shape index (κ3) is 8.44. The second kappa shape index (κ2) is 14.9. The first kappa shape index (κ1) is 26.1. The molecule has 0 spiro atoms. The number of benzene rings is 1. The number of aliphatic imine (C=N–C) groups is 1. The topological polar surface area (TPSA) is 80.2 Å². The zero-order chi connectivity index (χ0) is 21.7. The third-order valence-corrected chi connectivity index (χ3v) is 5.05. The van der Waals surface area contributed by atoms with Crippen LogP contribution in [0.3, 0.4) is 0 Å². The molecule has 2 heterocycles. The van der Waals surface area contributed by atoms with E-state index in [0.717, 1.165) is 50.3 Å². The summed E-state index contributed by atoms with van der Waals surface area (Å²) in [5.41, 5.74) is 1.22. The van der Waals surface area contributed by atoms with Crippen LogP contribution in [0.2, 0.25) is 0 Å². The lowest BCUT2D eigenvalue weighted by Gasteiger charge is -2.34. The molecule has 2 aromatic rings. The van der Waals surface area contributed by atoms with Gasteiger partial charge < -0.3 is 24.8 Å². The molecule has 1 aliphatic rings. The quantitative estimate of drug-likeness (QED) is 0.202. The number of morpholine rings is 1. The number of ether oxygens (including phenoxy) is 3. The molecular formula is C23H34IN5O3. The summed E-state index contributed by atoms with van der Waals surface area (Å²) in [5, 5.41) is 6.67. The van der Waals surface area contributed by atoms with E-state index in [0.29, 0.717) is 19.7 Å². The zero-order valence-electron chi connectivity index (χ0n) is 18.8. The monoisotopic (exact) mass is 555 g/mol. The van der Waals surface area contributed by atoms with Crippen molar-refractivity contribution in [3.8, 4) is 11.5 Å². The van der Waals surface area contributed by atoms with E-state index < -0.39 is 0 Å². The van der Waals surface area contributed by atoms with Crippen LogP contribution in [0.1, 0.15) is 18.5 Å². The number of rotatable bonds is 10. The van der Waals surface area contributed by atoms with Crippen LogP contribution in [0.5, 0.6) is 11.5 Å². The Balaban J connectivity index is 0.00000363. The fourth-order valence-corrected chi connectivity index (χ4v) is 3.44. The Morgan fingerprint density at radius 2 is 1.94 bits per heavy atom. The average Bonchev–Trinajstić information content (AvgIpc) is 2.83. The lowest BCUT2D eigenvalue weighted by Crippen LogP contribution is -2.42. The van der Waals surface area contributed by atoms with Crippen molar-refractivity contribution < 1.29 is 14.2 Å². The average molecular weight is 555 g/mol. The molecule has 2 N–H and O–H groups in total. The molecule has 0 saturated carbocycles. The van der Waals surface area contributed by atoms with Gasteiger partial charge in [-0.3, -0.25) is 14.9 Å². The molecule has 0 amide bonds. The minimum atomic E-state index is 0. The van der Waals surface area contributed by atoms with Crippen LogP contribution in [-0.2, 0) is 4.74 Å². The van der Waals surface area contributed by atoms with E-state index in [1.54, 1.807) is 19.5 Å². The Kier molecular flexibility index (Phi) is 12.1. The van der Waals surface area contributed by atoms with Crippen molar-refractivity contribution in [2.24, 2.45) is 4.99 Å². The molecule has 1 aromatic heterocycles. The van der Waals surface area contributed by atoms with Crippen molar-refractivity contribution >= 4 is 29.9 Å². The Hall–Kier alpha value is -2.11. The van der Waals surface area contributed by atoms with Crippen molar-refractivity contribution in [3.05, 3.63) is 54.4 Å².